The molecule has 0 saturated carbocycles. The molecular formula is C39H56O3. The Balaban J connectivity index is 2.02. The summed E-state index contributed by atoms with van der Waals surface area (Å²) in [5, 5.41) is 11.1. The molecule has 0 aromatic heterocycles. The van der Waals surface area contributed by atoms with Crippen molar-refractivity contribution in [2.24, 2.45) is 0 Å². The van der Waals surface area contributed by atoms with Crippen LogP contribution < -0.4 is 9.47 Å². The summed E-state index contributed by atoms with van der Waals surface area (Å²) in [4.78, 5) is 0. The summed E-state index contributed by atoms with van der Waals surface area (Å²) in [6.45, 7) is 18.0. The number of unbranched alkanes of at least 4 members (excludes halogenated alkanes) is 6. The summed E-state index contributed by atoms with van der Waals surface area (Å²) in [6.07, 6.45) is 11.9. The first-order valence-electron chi connectivity index (χ1n) is 16.6. The lowest BCUT2D eigenvalue weighted by Crippen LogP contribution is -2.07. The zero-order valence-electron chi connectivity index (χ0n) is 27.7. The SMILES string of the molecule is CCCCCCc1cccc(Oc2cccc(O)c2Oc2ccc(C(C)C)c(C(C)C)c2C(C)C)c1CCCCCC. The second-order valence-corrected chi connectivity index (χ2v) is 12.8. The van der Waals surface area contributed by atoms with Gasteiger partial charge in [0.1, 0.15) is 11.5 Å². The Hall–Kier alpha value is -2.94. The number of hydrogen-bond donors (Lipinski definition) is 1. The first-order chi connectivity index (χ1) is 20.2. The van der Waals surface area contributed by atoms with Crippen molar-refractivity contribution < 1.29 is 14.6 Å². The van der Waals surface area contributed by atoms with Crippen LogP contribution in [0.2, 0.25) is 0 Å². The molecular weight excluding hydrogens is 516 g/mol. The number of benzene rings is 3. The van der Waals surface area contributed by atoms with Gasteiger partial charge < -0.3 is 14.6 Å². The van der Waals surface area contributed by atoms with E-state index in [4.69, 9.17) is 9.47 Å². The maximum Gasteiger partial charge on any atom is 0.211 e. The molecule has 3 aromatic rings. The zero-order chi connectivity index (χ0) is 30.6. The standard InChI is InChI=1S/C39H56O3/c1-9-11-13-15-19-30-20-17-23-34(32(30)21-16-14-12-10-2)41-36-24-18-22-33(40)39(36)42-35-26-25-31(27(3)4)37(28(5)6)38(35)29(7)8/h17-18,20,22-29,40H,9-16,19,21H2,1-8H3. The molecule has 0 amide bonds. The van der Waals surface area contributed by atoms with Crippen molar-refractivity contribution in [1.29, 1.82) is 0 Å². The van der Waals surface area contributed by atoms with Crippen LogP contribution >= 0.6 is 0 Å². The maximum atomic E-state index is 11.1. The minimum atomic E-state index is 0.0847. The number of ether oxygens (including phenoxy) is 2. The molecule has 3 rings (SSSR count). The van der Waals surface area contributed by atoms with Gasteiger partial charge in [-0.05, 0) is 90.0 Å². The van der Waals surface area contributed by atoms with E-state index in [1.165, 1.54) is 72.8 Å². The van der Waals surface area contributed by atoms with Gasteiger partial charge >= 0.3 is 0 Å². The van der Waals surface area contributed by atoms with Crippen molar-refractivity contribution in [1.82, 2.24) is 0 Å². The smallest absolute Gasteiger partial charge is 0.211 e. The third-order valence-corrected chi connectivity index (χ3v) is 8.26. The molecule has 3 heteroatoms. The summed E-state index contributed by atoms with van der Waals surface area (Å²) >= 11 is 0. The number of hydrogen-bond acceptors (Lipinski definition) is 3. The molecule has 3 nitrogen and oxygen atoms in total. The summed E-state index contributed by atoms with van der Waals surface area (Å²) in [6, 6.07) is 16.1. The molecule has 0 saturated heterocycles. The molecule has 0 fully saturated rings. The van der Waals surface area contributed by atoms with Crippen LogP contribution in [0.5, 0.6) is 28.7 Å². The predicted octanol–water partition coefficient (Wildman–Crippen LogP) is 12.6. The number of aryl methyl sites for hydroxylation is 1. The van der Waals surface area contributed by atoms with E-state index < -0.39 is 0 Å². The van der Waals surface area contributed by atoms with Gasteiger partial charge in [-0.2, -0.15) is 0 Å². The fourth-order valence-corrected chi connectivity index (χ4v) is 6.08. The molecule has 42 heavy (non-hydrogen) atoms. The van der Waals surface area contributed by atoms with Gasteiger partial charge in [0.25, 0.3) is 0 Å². The third-order valence-electron chi connectivity index (χ3n) is 8.26. The Bertz CT molecular complexity index is 1250. The van der Waals surface area contributed by atoms with Gasteiger partial charge in [-0.1, -0.05) is 118 Å². The van der Waals surface area contributed by atoms with Gasteiger partial charge in [0.05, 0.1) is 0 Å². The molecule has 0 unspecified atom stereocenters. The van der Waals surface area contributed by atoms with Crippen LogP contribution in [0.4, 0.5) is 0 Å². The molecule has 230 valence electrons. The highest BCUT2D eigenvalue weighted by Gasteiger charge is 2.23. The van der Waals surface area contributed by atoms with Gasteiger partial charge in [0, 0.05) is 5.56 Å². The first-order valence-corrected chi connectivity index (χ1v) is 16.6. The molecule has 0 heterocycles. The van der Waals surface area contributed by atoms with Crippen molar-refractivity contribution in [3.05, 3.63) is 76.3 Å². The Labute approximate surface area is 256 Å². The quantitative estimate of drug-likeness (QED) is 0.163. The molecule has 0 aliphatic carbocycles. The number of phenols is 1. The summed E-state index contributed by atoms with van der Waals surface area (Å²) in [5.74, 6) is 3.71. The van der Waals surface area contributed by atoms with Crippen LogP contribution in [0.15, 0.2) is 48.5 Å². The fourth-order valence-electron chi connectivity index (χ4n) is 6.08. The highest BCUT2D eigenvalue weighted by atomic mass is 16.5. The highest BCUT2D eigenvalue weighted by Crippen LogP contribution is 2.46. The van der Waals surface area contributed by atoms with Crippen LogP contribution in [0.3, 0.4) is 0 Å². The number of phenolic OH excluding ortho intramolecular Hbond substituents is 1. The number of rotatable bonds is 17. The van der Waals surface area contributed by atoms with Crippen LogP contribution in [0.1, 0.15) is 152 Å². The third kappa shape index (κ3) is 8.79. The fraction of sp³-hybridized carbons (Fsp3) is 0.538. The minimum Gasteiger partial charge on any atom is -0.504 e. The van der Waals surface area contributed by atoms with Crippen LogP contribution in [0.25, 0.3) is 0 Å². The van der Waals surface area contributed by atoms with E-state index in [-0.39, 0.29) is 11.7 Å². The molecule has 0 aliphatic rings. The maximum absolute atomic E-state index is 11.1. The molecule has 0 radical (unpaired) electrons. The van der Waals surface area contributed by atoms with E-state index in [9.17, 15) is 5.11 Å². The van der Waals surface area contributed by atoms with Gasteiger partial charge in [0.2, 0.25) is 5.75 Å². The van der Waals surface area contributed by atoms with E-state index >= 15 is 0 Å². The van der Waals surface area contributed by atoms with Gasteiger partial charge in [0.15, 0.2) is 11.5 Å². The van der Waals surface area contributed by atoms with Crippen molar-refractivity contribution in [3.63, 3.8) is 0 Å². The van der Waals surface area contributed by atoms with E-state index in [0.717, 1.165) is 30.8 Å². The van der Waals surface area contributed by atoms with Gasteiger partial charge in [-0.15, -0.1) is 0 Å². The number of aromatic hydroxyl groups is 1. The Morgan fingerprint density at radius 3 is 1.81 bits per heavy atom. The van der Waals surface area contributed by atoms with E-state index in [1.807, 2.05) is 12.1 Å². The lowest BCUT2D eigenvalue weighted by Gasteiger charge is -2.26. The van der Waals surface area contributed by atoms with Crippen molar-refractivity contribution in [3.8, 4) is 28.7 Å². The van der Waals surface area contributed by atoms with Crippen LogP contribution in [-0.4, -0.2) is 5.11 Å². The van der Waals surface area contributed by atoms with Crippen molar-refractivity contribution >= 4 is 0 Å². The monoisotopic (exact) mass is 572 g/mol. The molecule has 1 N–H and O–H groups in total. The normalized spacial score (nSPS) is 11.6. The minimum absolute atomic E-state index is 0.0847. The van der Waals surface area contributed by atoms with Crippen LogP contribution in [0, 0.1) is 0 Å². The van der Waals surface area contributed by atoms with Crippen LogP contribution in [-0.2, 0) is 12.8 Å². The van der Waals surface area contributed by atoms with Crippen molar-refractivity contribution in [2.75, 3.05) is 0 Å². The lowest BCUT2D eigenvalue weighted by atomic mass is 9.83. The van der Waals surface area contributed by atoms with E-state index in [2.05, 4.69) is 85.7 Å². The van der Waals surface area contributed by atoms with E-state index in [1.54, 1.807) is 6.07 Å². The Morgan fingerprint density at radius 2 is 1.19 bits per heavy atom. The lowest BCUT2D eigenvalue weighted by molar-refractivity contribution is 0.376. The largest absolute Gasteiger partial charge is 0.504 e. The first kappa shape index (κ1) is 33.6. The molecule has 0 bridgehead atoms. The number of para-hydroxylation sites is 1. The van der Waals surface area contributed by atoms with Crippen molar-refractivity contribution in [2.45, 2.75) is 137 Å². The van der Waals surface area contributed by atoms with Gasteiger partial charge in [-0.25, -0.2) is 0 Å². The molecule has 0 spiro atoms. The molecule has 0 aliphatic heterocycles. The summed E-state index contributed by atoms with van der Waals surface area (Å²) in [7, 11) is 0. The molecule has 0 atom stereocenters. The van der Waals surface area contributed by atoms with Gasteiger partial charge in [-0.3, -0.25) is 0 Å². The average molecular weight is 573 g/mol. The Morgan fingerprint density at radius 1 is 0.571 bits per heavy atom. The Kier molecular flexibility index (Phi) is 13.3. The highest BCUT2D eigenvalue weighted by molar-refractivity contribution is 5.57. The predicted molar refractivity (Wildman–Crippen MR) is 179 cm³/mol. The average Bonchev–Trinajstić information content (AvgIpc) is 2.95. The topological polar surface area (TPSA) is 38.7 Å². The zero-order valence-corrected chi connectivity index (χ0v) is 27.7. The summed E-state index contributed by atoms with van der Waals surface area (Å²) < 4.78 is 13.3. The van der Waals surface area contributed by atoms with E-state index in [0.29, 0.717) is 23.3 Å². The second-order valence-electron chi connectivity index (χ2n) is 12.8. The second kappa shape index (κ2) is 16.6. The molecule has 3 aromatic carbocycles. The summed E-state index contributed by atoms with van der Waals surface area (Å²) in [5.41, 5.74) is 6.59.